The largest absolute Gasteiger partial charge is 0.451 e. The Kier molecular flexibility index (Phi) is 7.20. The van der Waals surface area contributed by atoms with Gasteiger partial charge in [-0.05, 0) is 78.7 Å². The molecule has 0 unspecified atom stereocenters. The minimum absolute atomic E-state index is 0.0171. The van der Waals surface area contributed by atoms with Gasteiger partial charge in [-0.15, -0.1) is 0 Å². The van der Waals surface area contributed by atoms with Crippen molar-refractivity contribution in [3.63, 3.8) is 0 Å². The molecule has 9 nitrogen and oxygen atoms in total. The number of furan rings is 1. The minimum Gasteiger partial charge on any atom is -0.451 e. The second-order valence-corrected chi connectivity index (χ2v) is 9.42. The second-order valence-electron chi connectivity index (χ2n) is 9.01. The van der Waals surface area contributed by atoms with Crippen molar-refractivity contribution in [1.29, 1.82) is 0 Å². The van der Waals surface area contributed by atoms with Crippen LogP contribution in [0.25, 0.3) is 33.9 Å². The first kappa shape index (κ1) is 25.8. The van der Waals surface area contributed by atoms with Gasteiger partial charge in [0.05, 0.1) is 4.92 Å². The molecule has 2 aromatic heterocycles. The third kappa shape index (κ3) is 5.70. The highest BCUT2D eigenvalue weighted by molar-refractivity contribution is 7.80. The number of benzene rings is 3. The van der Waals surface area contributed by atoms with E-state index in [9.17, 15) is 14.9 Å². The summed E-state index contributed by atoms with van der Waals surface area (Å²) < 4.78 is 11.5. The highest BCUT2D eigenvalue weighted by atomic mass is 32.1. The summed E-state index contributed by atoms with van der Waals surface area (Å²) in [5.74, 6) is 0.763. The summed E-state index contributed by atoms with van der Waals surface area (Å²) in [6.07, 6.45) is 1.05. The first-order valence-electron chi connectivity index (χ1n) is 12.3. The van der Waals surface area contributed by atoms with E-state index in [1.807, 2.05) is 18.2 Å². The number of nitro benzene ring substituents is 1. The van der Waals surface area contributed by atoms with Crippen LogP contribution in [0, 0.1) is 10.1 Å². The summed E-state index contributed by atoms with van der Waals surface area (Å²) in [5, 5.41) is 16.6. The number of hydrogen-bond donors (Lipinski definition) is 2. The topological polar surface area (TPSA) is 123 Å². The van der Waals surface area contributed by atoms with Crippen molar-refractivity contribution in [2.24, 2.45) is 0 Å². The summed E-state index contributed by atoms with van der Waals surface area (Å²) in [5.41, 5.74) is 4.67. The van der Waals surface area contributed by atoms with Crippen LogP contribution in [0.4, 0.5) is 11.4 Å². The van der Waals surface area contributed by atoms with Crippen molar-refractivity contribution >= 4 is 45.7 Å². The van der Waals surface area contributed by atoms with E-state index in [1.54, 1.807) is 30.3 Å². The number of nitrogens with one attached hydrogen (secondary N) is 2. The molecular weight excluding hydrogens is 516 g/mol. The third-order valence-electron chi connectivity index (χ3n) is 6.38. The van der Waals surface area contributed by atoms with Gasteiger partial charge in [-0.3, -0.25) is 20.2 Å². The third-order valence-corrected chi connectivity index (χ3v) is 6.59. The van der Waals surface area contributed by atoms with E-state index >= 15 is 0 Å². The fourth-order valence-electron chi connectivity index (χ4n) is 4.02. The molecule has 5 aromatic rings. The number of oxazole rings is 1. The Bertz CT molecular complexity index is 1690. The molecule has 1 atom stereocenters. The summed E-state index contributed by atoms with van der Waals surface area (Å²) in [4.78, 5) is 27.8. The van der Waals surface area contributed by atoms with Gasteiger partial charge in [0.15, 0.2) is 16.5 Å². The molecule has 0 aliphatic carbocycles. The van der Waals surface area contributed by atoms with Gasteiger partial charge in [0.25, 0.3) is 11.6 Å². The van der Waals surface area contributed by atoms with Crippen LogP contribution in [0.2, 0.25) is 0 Å². The monoisotopic (exact) mass is 540 g/mol. The lowest BCUT2D eigenvalue weighted by atomic mass is 9.98. The molecule has 0 radical (unpaired) electrons. The van der Waals surface area contributed by atoms with Gasteiger partial charge < -0.3 is 14.2 Å². The van der Waals surface area contributed by atoms with Crippen molar-refractivity contribution in [1.82, 2.24) is 10.3 Å². The first-order valence-corrected chi connectivity index (χ1v) is 12.7. The molecule has 10 heteroatoms. The van der Waals surface area contributed by atoms with Gasteiger partial charge in [0.1, 0.15) is 11.3 Å². The predicted octanol–water partition coefficient (Wildman–Crippen LogP) is 7.30. The number of nitro groups is 1. The molecule has 0 saturated carbocycles. The predicted molar refractivity (Wildman–Crippen MR) is 153 cm³/mol. The number of aromatic nitrogens is 1. The van der Waals surface area contributed by atoms with Crippen LogP contribution in [0.3, 0.4) is 0 Å². The molecule has 0 fully saturated rings. The van der Waals surface area contributed by atoms with Gasteiger partial charge in [-0.2, -0.15) is 0 Å². The number of nitrogens with zero attached hydrogens (tertiary/aromatic N) is 2. The zero-order chi connectivity index (χ0) is 27.5. The van der Waals surface area contributed by atoms with E-state index in [2.05, 4.69) is 41.6 Å². The molecule has 1 amide bonds. The Morgan fingerprint density at radius 1 is 1.03 bits per heavy atom. The van der Waals surface area contributed by atoms with E-state index in [4.69, 9.17) is 21.1 Å². The van der Waals surface area contributed by atoms with Crippen LogP contribution in [0.1, 0.15) is 42.3 Å². The molecule has 0 spiro atoms. The number of fused-ring (bicyclic) bond motifs is 1. The number of thiocarbonyl (C=S) groups is 1. The smallest absolute Gasteiger partial charge is 0.293 e. The van der Waals surface area contributed by atoms with Gasteiger partial charge in [-0.25, -0.2) is 4.98 Å². The number of amides is 1. The second kappa shape index (κ2) is 10.9. The van der Waals surface area contributed by atoms with Gasteiger partial charge in [-0.1, -0.05) is 32.0 Å². The number of carbonyl (C=O) groups is 1. The van der Waals surface area contributed by atoms with Crippen LogP contribution >= 0.6 is 12.2 Å². The van der Waals surface area contributed by atoms with Crippen LogP contribution < -0.4 is 10.6 Å². The number of anilines is 1. The average molecular weight is 541 g/mol. The van der Waals surface area contributed by atoms with Crippen molar-refractivity contribution < 1.29 is 18.6 Å². The lowest BCUT2D eigenvalue weighted by Crippen LogP contribution is -2.33. The zero-order valence-electron chi connectivity index (χ0n) is 21.1. The molecule has 196 valence electrons. The lowest BCUT2D eigenvalue weighted by molar-refractivity contribution is -0.384. The summed E-state index contributed by atoms with van der Waals surface area (Å²) >= 11 is 5.28. The van der Waals surface area contributed by atoms with Gasteiger partial charge >= 0.3 is 0 Å². The van der Waals surface area contributed by atoms with E-state index < -0.39 is 10.8 Å². The van der Waals surface area contributed by atoms with Crippen molar-refractivity contribution in [3.05, 3.63) is 100 Å². The molecule has 2 heterocycles. The lowest BCUT2D eigenvalue weighted by Gasteiger charge is -2.09. The SMILES string of the molecule is CC[C@H](C)c1ccc2oc(-c3ccc(NC(=S)NC(=O)c4ccc(-c5cccc([N+](=O)[O-])c5)o4)cc3)nc2c1. The van der Waals surface area contributed by atoms with Crippen molar-refractivity contribution in [2.75, 3.05) is 5.32 Å². The maximum atomic E-state index is 12.6. The Hall–Kier alpha value is -4.83. The molecule has 5 rings (SSSR count). The highest BCUT2D eigenvalue weighted by Gasteiger charge is 2.16. The molecule has 0 aliphatic rings. The van der Waals surface area contributed by atoms with Crippen molar-refractivity contribution in [2.45, 2.75) is 26.2 Å². The minimum atomic E-state index is -0.552. The zero-order valence-corrected chi connectivity index (χ0v) is 22.0. The van der Waals surface area contributed by atoms with Crippen molar-refractivity contribution in [3.8, 4) is 22.8 Å². The fraction of sp³-hybridized carbons (Fsp3) is 0.138. The maximum absolute atomic E-state index is 12.6. The Morgan fingerprint density at radius 3 is 2.56 bits per heavy atom. The number of hydrogen-bond acceptors (Lipinski definition) is 7. The Labute approximate surface area is 229 Å². The standard InChI is InChI=1S/C29H24N4O5S/c1-3-17(2)19-9-12-25-23(16-19)31-28(38-25)18-7-10-21(11-8-18)30-29(39)32-27(34)26-14-13-24(37-26)20-5-4-6-22(15-20)33(35)36/h4-17H,3H2,1-2H3,(H2,30,32,34,39)/t17-/m0/s1. The van der Waals surface area contributed by atoms with Crippen LogP contribution in [-0.4, -0.2) is 20.9 Å². The summed E-state index contributed by atoms with van der Waals surface area (Å²) in [7, 11) is 0. The molecule has 2 N–H and O–H groups in total. The maximum Gasteiger partial charge on any atom is 0.293 e. The molecule has 0 aliphatic heterocycles. The summed E-state index contributed by atoms with van der Waals surface area (Å²) in [6, 6.07) is 22.4. The molecule has 0 bridgehead atoms. The normalized spacial score (nSPS) is 11.7. The quantitative estimate of drug-likeness (QED) is 0.125. The number of rotatable bonds is 7. The Balaban J connectivity index is 1.22. The molecule has 39 heavy (non-hydrogen) atoms. The number of carbonyl (C=O) groups excluding carboxylic acids is 1. The summed E-state index contributed by atoms with van der Waals surface area (Å²) in [6.45, 7) is 4.35. The van der Waals surface area contributed by atoms with Gasteiger partial charge in [0, 0.05) is 28.9 Å². The van der Waals surface area contributed by atoms with Crippen LogP contribution in [0.5, 0.6) is 0 Å². The molecule has 3 aromatic carbocycles. The van der Waals surface area contributed by atoms with E-state index in [1.165, 1.54) is 23.8 Å². The van der Waals surface area contributed by atoms with E-state index in [-0.39, 0.29) is 16.6 Å². The van der Waals surface area contributed by atoms with Crippen LogP contribution in [0.15, 0.2) is 87.7 Å². The fourth-order valence-corrected chi connectivity index (χ4v) is 4.23. The van der Waals surface area contributed by atoms with E-state index in [0.717, 1.165) is 23.1 Å². The first-order chi connectivity index (χ1) is 18.8. The average Bonchev–Trinajstić information content (AvgIpc) is 3.60. The van der Waals surface area contributed by atoms with Crippen LogP contribution in [-0.2, 0) is 0 Å². The highest BCUT2D eigenvalue weighted by Crippen LogP contribution is 2.29. The molecular formula is C29H24N4O5S. The van der Waals surface area contributed by atoms with Gasteiger partial charge in [0.2, 0.25) is 5.89 Å². The number of non-ortho nitro benzene ring substituents is 1. The Morgan fingerprint density at radius 2 is 1.82 bits per heavy atom. The van der Waals surface area contributed by atoms with E-state index in [0.29, 0.717) is 28.8 Å². The molecule has 0 saturated heterocycles.